The number of rotatable bonds is 4. The van der Waals surface area contributed by atoms with Crippen LogP contribution in [0.4, 0.5) is 0 Å². The van der Waals surface area contributed by atoms with Gasteiger partial charge in [0.25, 0.3) is 0 Å². The average molecular weight is 347 g/mol. The van der Waals surface area contributed by atoms with Gasteiger partial charge in [0, 0.05) is 4.47 Å². The van der Waals surface area contributed by atoms with Gasteiger partial charge in [-0.15, -0.1) is 0 Å². The van der Waals surface area contributed by atoms with Crippen molar-refractivity contribution in [2.75, 3.05) is 0 Å². The molecule has 0 radical (unpaired) electrons. The van der Waals surface area contributed by atoms with E-state index < -0.39 is 0 Å². The third kappa shape index (κ3) is 3.95. The van der Waals surface area contributed by atoms with Gasteiger partial charge in [0.15, 0.2) is 0 Å². The lowest BCUT2D eigenvalue weighted by molar-refractivity contribution is 0.104. The number of aromatic nitrogens is 1. The standard InChI is InChI=1S/C13H10BrCl2NO/c14-10-3-1-2-9(6-10)7-18-8-12-11(15)4-5-13(16)17-12/h1-6H,7-8H2. The summed E-state index contributed by atoms with van der Waals surface area (Å²) in [7, 11) is 0. The summed E-state index contributed by atoms with van der Waals surface area (Å²) in [5.41, 5.74) is 1.74. The summed E-state index contributed by atoms with van der Waals surface area (Å²) in [5, 5.41) is 0.981. The Kier molecular flexibility index (Phi) is 5.01. The van der Waals surface area contributed by atoms with Gasteiger partial charge < -0.3 is 4.74 Å². The molecular weight excluding hydrogens is 337 g/mol. The van der Waals surface area contributed by atoms with Gasteiger partial charge in [-0.05, 0) is 29.8 Å². The van der Waals surface area contributed by atoms with Crippen molar-refractivity contribution in [3.05, 3.63) is 62.3 Å². The van der Waals surface area contributed by atoms with Crippen LogP contribution in [0.1, 0.15) is 11.3 Å². The molecule has 0 aliphatic rings. The van der Waals surface area contributed by atoms with Crippen LogP contribution < -0.4 is 0 Å². The highest BCUT2D eigenvalue weighted by Crippen LogP contribution is 2.18. The van der Waals surface area contributed by atoms with E-state index >= 15 is 0 Å². The molecule has 0 saturated carbocycles. The van der Waals surface area contributed by atoms with E-state index in [4.69, 9.17) is 27.9 Å². The predicted octanol–water partition coefficient (Wildman–Crippen LogP) is 4.87. The molecule has 2 aromatic rings. The highest BCUT2D eigenvalue weighted by molar-refractivity contribution is 9.10. The Morgan fingerprint density at radius 2 is 1.94 bits per heavy atom. The van der Waals surface area contributed by atoms with Crippen molar-refractivity contribution in [2.24, 2.45) is 0 Å². The molecule has 2 nitrogen and oxygen atoms in total. The molecule has 2 rings (SSSR count). The zero-order valence-electron chi connectivity index (χ0n) is 9.37. The van der Waals surface area contributed by atoms with E-state index in [0.717, 1.165) is 10.0 Å². The lowest BCUT2D eigenvalue weighted by Crippen LogP contribution is -1.97. The second kappa shape index (κ2) is 6.53. The molecule has 0 atom stereocenters. The SMILES string of the molecule is Clc1ccc(Cl)c(COCc2cccc(Br)c2)n1. The van der Waals surface area contributed by atoms with E-state index in [9.17, 15) is 0 Å². The second-order valence-electron chi connectivity index (χ2n) is 3.69. The second-order valence-corrected chi connectivity index (χ2v) is 5.40. The molecule has 0 aliphatic heterocycles. The van der Waals surface area contributed by atoms with Crippen molar-refractivity contribution < 1.29 is 4.74 Å². The van der Waals surface area contributed by atoms with Gasteiger partial charge in [-0.1, -0.05) is 51.3 Å². The Bertz CT molecular complexity index is 548. The van der Waals surface area contributed by atoms with Gasteiger partial charge in [-0.3, -0.25) is 0 Å². The molecule has 0 N–H and O–H groups in total. The number of halogens is 3. The Hall–Kier alpha value is -0.610. The summed E-state index contributed by atoms with van der Waals surface area (Å²) in [6, 6.07) is 11.3. The molecule has 1 heterocycles. The van der Waals surface area contributed by atoms with Gasteiger partial charge >= 0.3 is 0 Å². The molecule has 0 spiro atoms. The Balaban J connectivity index is 1.94. The van der Waals surface area contributed by atoms with Crippen LogP contribution in [0.5, 0.6) is 0 Å². The summed E-state index contributed by atoms with van der Waals surface area (Å²) in [6.07, 6.45) is 0. The Morgan fingerprint density at radius 1 is 1.11 bits per heavy atom. The fourth-order valence-corrected chi connectivity index (χ4v) is 2.22. The molecule has 0 unspecified atom stereocenters. The lowest BCUT2D eigenvalue weighted by Gasteiger charge is -2.06. The van der Waals surface area contributed by atoms with Crippen LogP contribution in [0.2, 0.25) is 10.2 Å². The topological polar surface area (TPSA) is 22.1 Å². The molecule has 0 aliphatic carbocycles. The first-order valence-electron chi connectivity index (χ1n) is 5.28. The maximum atomic E-state index is 5.99. The van der Waals surface area contributed by atoms with E-state index in [1.165, 1.54) is 0 Å². The number of ether oxygens (including phenoxy) is 1. The van der Waals surface area contributed by atoms with Crippen molar-refractivity contribution in [2.45, 2.75) is 13.2 Å². The van der Waals surface area contributed by atoms with Crippen LogP contribution in [0.25, 0.3) is 0 Å². The summed E-state index contributed by atoms with van der Waals surface area (Å²) >= 11 is 15.2. The van der Waals surface area contributed by atoms with Crippen LogP contribution in [0, 0.1) is 0 Å². The van der Waals surface area contributed by atoms with Crippen LogP contribution in [-0.4, -0.2) is 4.98 Å². The third-order valence-corrected chi connectivity index (χ3v) is 3.33. The van der Waals surface area contributed by atoms with Crippen molar-refractivity contribution in [3.8, 4) is 0 Å². The van der Waals surface area contributed by atoms with Gasteiger partial charge in [0.2, 0.25) is 0 Å². The fourth-order valence-electron chi connectivity index (χ4n) is 1.45. The molecule has 1 aromatic heterocycles. The molecule has 0 amide bonds. The smallest absolute Gasteiger partial charge is 0.129 e. The van der Waals surface area contributed by atoms with Gasteiger partial charge in [0.1, 0.15) is 5.15 Å². The highest BCUT2D eigenvalue weighted by Gasteiger charge is 2.03. The summed E-state index contributed by atoms with van der Waals surface area (Å²) < 4.78 is 6.60. The Morgan fingerprint density at radius 3 is 2.72 bits per heavy atom. The normalized spacial score (nSPS) is 10.6. The molecule has 0 bridgehead atoms. The van der Waals surface area contributed by atoms with Crippen molar-refractivity contribution in [3.63, 3.8) is 0 Å². The maximum absolute atomic E-state index is 5.99. The first-order valence-corrected chi connectivity index (χ1v) is 6.83. The molecule has 0 saturated heterocycles. The number of benzene rings is 1. The maximum Gasteiger partial charge on any atom is 0.129 e. The number of nitrogens with zero attached hydrogens (tertiary/aromatic N) is 1. The van der Waals surface area contributed by atoms with Gasteiger partial charge in [0.05, 0.1) is 23.9 Å². The minimum atomic E-state index is 0.339. The summed E-state index contributed by atoms with van der Waals surface area (Å²) in [4.78, 5) is 4.12. The van der Waals surface area contributed by atoms with Crippen LogP contribution >= 0.6 is 39.1 Å². The lowest BCUT2D eigenvalue weighted by atomic mass is 10.2. The quantitative estimate of drug-likeness (QED) is 0.737. The fraction of sp³-hybridized carbons (Fsp3) is 0.154. The zero-order chi connectivity index (χ0) is 13.0. The highest BCUT2D eigenvalue weighted by atomic mass is 79.9. The predicted molar refractivity (Wildman–Crippen MR) is 76.9 cm³/mol. The average Bonchev–Trinajstić information content (AvgIpc) is 2.34. The molecule has 18 heavy (non-hydrogen) atoms. The van der Waals surface area contributed by atoms with E-state index in [2.05, 4.69) is 20.9 Å². The first-order chi connectivity index (χ1) is 8.65. The number of hydrogen-bond donors (Lipinski definition) is 0. The van der Waals surface area contributed by atoms with Gasteiger partial charge in [-0.25, -0.2) is 4.98 Å². The molecule has 5 heteroatoms. The van der Waals surface area contributed by atoms with Crippen LogP contribution in [0.15, 0.2) is 40.9 Å². The molecule has 94 valence electrons. The van der Waals surface area contributed by atoms with Crippen molar-refractivity contribution >= 4 is 39.1 Å². The summed E-state index contributed by atoms with van der Waals surface area (Å²) in [6.45, 7) is 0.843. The van der Waals surface area contributed by atoms with Gasteiger partial charge in [-0.2, -0.15) is 0 Å². The molecule has 1 aromatic carbocycles. The third-order valence-electron chi connectivity index (χ3n) is 2.28. The van der Waals surface area contributed by atoms with E-state index in [-0.39, 0.29) is 0 Å². The largest absolute Gasteiger partial charge is 0.370 e. The van der Waals surface area contributed by atoms with E-state index in [0.29, 0.717) is 29.1 Å². The molecule has 0 fully saturated rings. The minimum absolute atomic E-state index is 0.339. The number of pyridine rings is 1. The first kappa shape index (κ1) is 13.8. The number of hydrogen-bond acceptors (Lipinski definition) is 2. The van der Waals surface area contributed by atoms with E-state index in [1.54, 1.807) is 12.1 Å². The monoisotopic (exact) mass is 345 g/mol. The Labute approximate surface area is 124 Å². The van der Waals surface area contributed by atoms with Crippen molar-refractivity contribution in [1.29, 1.82) is 0 Å². The van der Waals surface area contributed by atoms with Crippen LogP contribution in [-0.2, 0) is 18.0 Å². The van der Waals surface area contributed by atoms with Crippen LogP contribution in [0.3, 0.4) is 0 Å². The van der Waals surface area contributed by atoms with E-state index in [1.807, 2.05) is 24.3 Å². The zero-order valence-corrected chi connectivity index (χ0v) is 12.5. The summed E-state index contributed by atoms with van der Waals surface area (Å²) in [5.74, 6) is 0. The minimum Gasteiger partial charge on any atom is -0.370 e. The molecular formula is C13H10BrCl2NO. The van der Waals surface area contributed by atoms with Crippen molar-refractivity contribution in [1.82, 2.24) is 4.98 Å².